The number of anilines is 1. The van der Waals surface area contributed by atoms with Crippen molar-refractivity contribution in [1.82, 2.24) is 0 Å². The number of nitrogen functional groups attached to an aromatic ring is 1. The van der Waals surface area contributed by atoms with Crippen LogP contribution in [-0.4, -0.2) is 6.21 Å². The third-order valence-electron chi connectivity index (χ3n) is 1.65. The Kier molecular flexibility index (Phi) is 2.86. The molecule has 0 aliphatic carbocycles. The van der Waals surface area contributed by atoms with Gasteiger partial charge in [-0.2, -0.15) is 0 Å². The number of rotatable bonds is 2. The Hall–Kier alpha value is -1.31. The molecule has 0 saturated carbocycles. The molecule has 1 aromatic carbocycles. The second-order valence-electron chi connectivity index (χ2n) is 2.77. The molecule has 0 aromatic heterocycles. The normalized spacial score (nSPS) is 10.8. The second-order valence-corrected chi connectivity index (χ2v) is 2.77. The molecule has 2 nitrogen and oxygen atoms in total. The lowest BCUT2D eigenvalue weighted by Crippen LogP contribution is -1.84. The average Bonchev–Trinajstić information content (AvgIpc) is 2.07. The number of nitrogens with zero attached hydrogens (tertiary/aromatic N) is 1. The van der Waals surface area contributed by atoms with Gasteiger partial charge in [-0.1, -0.05) is 13.0 Å². The molecular formula is C10H14N2. The molecule has 0 atom stereocenters. The minimum absolute atomic E-state index is 0.767. The van der Waals surface area contributed by atoms with Crippen molar-refractivity contribution in [1.29, 1.82) is 0 Å². The quantitative estimate of drug-likeness (QED) is 0.527. The first-order valence-electron chi connectivity index (χ1n) is 4.12. The summed E-state index contributed by atoms with van der Waals surface area (Å²) in [4.78, 5) is 4.28. The highest BCUT2D eigenvalue weighted by Gasteiger charge is 1.94. The fourth-order valence-corrected chi connectivity index (χ4v) is 0.955. The Morgan fingerprint density at radius 1 is 1.50 bits per heavy atom. The molecule has 0 aliphatic rings. The summed E-state index contributed by atoms with van der Waals surface area (Å²) in [5.74, 6) is 0. The van der Waals surface area contributed by atoms with Gasteiger partial charge in [-0.25, -0.2) is 0 Å². The number of nitrogens with two attached hydrogens (primary N) is 1. The summed E-state index contributed by atoms with van der Waals surface area (Å²) in [6, 6.07) is 5.76. The van der Waals surface area contributed by atoms with Crippen LogP contribution in [0.2, 0.25) is 0 Å². The van der Waals surface area contributed by atoms with E-state index in [4.69, 9.17) is 5.73 Å². The van der Waals surface area contributed by atoms with Gasteiger partial charge in [0.1, 0.15) is 0 Å². The fourth-order valence-electron chi connectivity index (χ4n) is 0.955. The van der Waals surface area contributed by atoms with Crippen LogP contribution in [0.4, 0.5) is 11.4 Å². The standard InChI is InChI=1S/C10H14N2/c1-3-6-12-10-7-9(11)5-4-8(10)2/h4-7H,3,11H2,1-2H3. The van der Waals surface area contributed by atoms with Gasteiger partial charge >= 0.3 is 0 Å². The lowest BCUT2D eigenvalue weighted by molar-refractivity contribution is 1.30. The predicted octanol–water partition coefficient (Wildman–Crippen LogP) is 2.69. The molecular weight excluding hydrogens is 148 g/mol. The van der Waals surface area contributed by atoms with Crippen molar-refractivity contribution < 1.29 is 0 Å². The van der Waals surface area contributed by atoms with E-state index in [1.807, 2.05) is 31.3 Å². The first kappa shape index (κ1) is 8.78. The zero-order valence-electron chi connectivity index (χ0n) is 7.54. The maximum absolute atomic E-state index is 5.63. The smallest absolute Gasteiger partial charge is 0.0675 e. The molecule has 0 amide bonds. The Bertz CT molecular complexity index is 290. The number of hydrogen-bond donors (Lipinski definition) is 1. The summed E-state index contributed by atoms with van der Waals surface area (Å²) in [6.07, 6.45) is 2.84. The Morgan fingerprint density at radius 3 is 2.92 bits per heavy atom. The molecule has 0 fully saturated rings. The van der Waals surface area contributed by atoms with Crippen LogP contribution >= 0.6 is 0 Å². The Labute approximate surface area is 73.1 Å². The summed E-state index contributed by atoms with van der Waals surface area (Å²) in [5.41, 5.74) is 8.52. The third-order valence-corrected chi connectivity index (χ3v) is 1.65. The van der Waals surface area contributed by atoms with Crippen LogP contribution in [0.3, 0.4) is 0 Å². The van der Waals surface area contributed by atoms with Crippen LogP contribution in [0.1, 0.15) is 18.9 Å². The van der Waals surface area contributed by atoms with E-state index in [1.54, 1.807) is 0 Å². The highest BCUT2D eigenvalue weighted by Crippen LogP contribution is 2.20. The summed E-state index contributed by atoms with van der Waals surface area (Å²) >= 11 is 0. The molecule has 0 heterocycles. The molecule has 0 saturated heterocycles. The van der Waals surface area contributed by atoms with Gasteiger partial charge in [0.25, 0.3) is 0 Å². The molecule has 0 aliphatic heterocycles. The lowest BCUT2D eigenvalue weighted by atomic mass is 10.2. The molecule has 2 heteroatoms. The predicted molar refractivity (Wildman–Crippen MR) is 54.0 cm³/mol. The first-order chi connectivity index (χ1) is 5.74. The van der Waals surface area contributed by atoms with Crippen molar-refractivity contribution in [2.45, 2.75) is 20.3 Å². The van der Waals surface area contributed by atoms with Gasteiger partial charge in [0.2, 0.25) is 0 Å². The topological polar surface area (TPSA) is 38.4 Å². The largest absolute Gasteiger partial charge is 0.399 e. The SMILES string of the molecule is CCC=Nc1cc(N)ccc1C. The van der Waals surface area contributed by atoms with E-state index in [9.17, 15) is 0 Å². The maximum Gasteiger partial charge on any atom is 0.0675 e. The van der Waals surface area contributed by atoms with Crippen molar-refractivity contribution in [3.63, 3.8) is 0 Å². The maximum atomic E-state index is 5.63. The van der Waals surface area contributed by atoms with Gasteiger partial charge in [0.05, 0.1) is 5.69 Å². The van der Waals surface area contributed by atoms with E-state index in [1.165, 1.54) is 0 Å². The monoisotopic (exact) mass is 162 g/mol. The van der Waals surface area contributed by atoms with E-state index in [2.05, 4.69) is 11.9 Å². The molecule has 64 valence electrons. The molecule has 2 N–H and O–H groups in total. The van der Waals surface area contributed by atoms with Gasteiger partial charge in [0.15, 0.2) is 0 Å². The van der Waals surface area contributed by atoms with Crippen LogP contribution < -0.4 is 5.73 Å². The summed E-state index contributed by atoms with van der Waals surface area (Å²) in [5, 5.41) is 0. The molecule has 0 unspecified atom stereocenters. The van der Waals surface area contributed by atoms with Crippen LogP contribution in [-0.2, 0) is 0 Å². The van der Waals surface area contributed by atoms with Gasteiger partial charge in [-0.05, 0) is 31.0 Å². The minimum atomic E-state index is 0.767. The number of benzene rings is 1. The Balaban J connectivity index is 2.97. The van der Waals surface area contributed by atoms with Crippen LogP contribution in [0, 0.1) is 6.92 Å². The van der Waals surface area contributed by atoms with Crippen LogP contribution in [0.5, 0.6) is 0 Å². The Morgan fingerprint density at radius 2 is 2.25 bits per heavy atom. The highest BCUT2D eigenvalue weighted by molar-refractivity contribution is 5.66. The van der Waals surface area contributed by atoms with Crippen molar-refractivity contribution >= 4 is 17.6 Å². The molecule has 0 bridgehead atoms. The van der Waals surface area contributed by atoms with E-state index < -0.39 is 0 Å². The zero-order valence-corrected chi connectivity index (χ0v) is 7.54. The molecule has 12 heavy (non-hydrogen) atoms. The summed E-state index contributed by atoms with van der Waals surface area (Å²) < 4.78 is 0. The van der Waals surface area contributed by atoms with Crippen molar-refractivity contribution in [2.24, 2.45) is 4.99 Å². The minimum Gasteiger partial charge on any atom is -0.399 e. The van der Waals surface area contributed by atoms with E-state index >= 15 is 0 Å². The summed E-state index contributed by atoms with van der Waals surface area (Å²) in [6.45, 7) is 4.09. The molecule has 0 spiro atoms. The fraction of sp³-hybridized carbons (Fsp3) is 0.300. The zero-order chi connectivity index (χ0) is 8.97. The van der Waals surface area contributed by atoms with Gasteiger partial charge in [0, 0.05) is 11.9 Å². The first-order valence-corrected chi connectivity index (χ1v) is 4.12. The van der Waals surface area contributed by atoms with Crippen molar-refractivity contribution in [3.05, 3.63) is 23.8 Å². The molecule has 1 rings (SSSR count). The van der Waals surface area contributed by atoms with Crippen molar-refractivity contribution in [2.75, 3.05) is 5.73 Å². The number of hydrogen-bond acceptors (Lipinski definition) is 2. The highest BCUT2D eigenvalue weighted by atomic mass is 14.7. The van der Waals surface area contributed by atoms with Crippen molar-refractivity contribution in [3.8, 4) is 0 Å². The van der Waals surface area contributed by atoms with E-state index in [0.717, 1.165) is 23.4 Å². The average molecular weight is 162 g/mol. The molecule has 1 aromatic rings. The lowest BCUT2D eigenvalue weighted by Gasteiger charge is -2.00. The van der Waals surface area contributed by atoms with Gasteiger partial charge in [-0.3, -0.25) is 4.99 Å². The van der Waals surface area contributed by atoms with Gasteiger partial charge < -0.3 is 5.73 Å². The summed E-state index contributed by atoms with van der Waals surface area (Å²) in [7, 11) is 0. The third kappa shape index (κ3) is 2.09. The van der Waals surface area contributed by atoms with E-state index in [0.29, 0.717) is 0 Å². The second kappa shape index (κ2) is 3.90. The molecule has 0 radical (unpaired) electrons. The van der Waals surface area contributed by atoms with Crippen LogP contribution in [0.15, 0.2) is 23.2 Å². The van der Waals surface area contributed by atoms with Crippen LogP contribution in [0.25, 0.3) is 0 Å². The van der Waals surface area contributed by atoms with E-state index in [-0.39, 0.29) is 0 Å². The van der Waals surface area contributed by atoms with Gasteiger partial charge in [-0.15, -0.1) is 0 Å². The number of aliphatic imine (C=N–C) groups is 1. The number of aryl methyl sites for hydroxylation is 1.